The highest BCUT2D eigenvalue weighted by molar-refractivity contribution is 5.92. The molecule has 0 N–H and O–H groups in total. The molecule has 1 aromatic heterocycles. The zero-order valence-electron chi connectivity index (χ0n) is 22.6. The van der Waals surface area contributed by atoms with Crippen LogP contribution in [0.3, 0.4) is 0 Å². The van der Waals surface area contributed by atoms with Crippen molar-refractivity contribution in [3.05, 3.63) is 70.6 Å². The minimum absolute atomic E-state index is 0.0873. The molecule has 2 aromatic rings. The molecular formula is C29H35F5N4O2. The smallest absolute Gasteiger partial charge is 0.383 e. The fourth-order valence-corrected chi connectivity index (χ4v) is 5.17. The second-order valence-corrected chi connectivity index (χ2v) is 10.3. The normalized spacial score (nSPS) is 18.1. The van der Waals surface area contributed by atoms with Crippen LogP contribution in [-0.2, 0) is 35.2 Å². The van der Waals surface area contributed by atoms with E-state index in [1.807, 2.05) is 17.0 Å². The molecule has 0 radical (unpaired) electrons. The molecule has 0 aliphatic carbocycles. The Labute approximate surface area is 231 Å². The third-order valence-electron chi connectivity index (χ3n) is 7.52. The summed E-state index contributed by atoms with van der Waals surface area (Å²) in [5.74, 6) is -3.17. The van der Waals surface area contributed by atoms with Gasteiger partial charge in [0.05, 0.1) is 24.4 Å². The fourth-order valence-electron chi connectivity index (χ4n) is 5.17. The Morgan fingerprint density at radius 3 is 2.60 bits per heavy atom. The van der Waals surface area contributed by atoms with Crippen LogP contribution in [0.5, 0.6) is 0 Å². The maximum atomic E-state index is 13.6. The third-order valence-corrected chi connectivity index (χ3v) is 7.52. The zero-order valence-corrected chi connectivity index (χ0v) is 22.6. The highest BCUT2D eigenvalue weighted by atomic mass is 19.4. The number of halogens is 5. The van der Waals surface area contributed by atoms with Crippen molar-refractivity contribution >= 4 is 12.0 Å². The maximum Gasteiger partial charge on any atom is 0.418 e. The van der Waals surface area contributed by atoms with Gasteiger partial charge in [-0.3, -0.25) is 14.7 Å². The van der Waals surface area contributed by atoms with Crippen LogP contribution in [0.2, 0.25) is 0 Å². The number of piperidine rings is 1. The molecule has 2 aliphatic rings. The largest absolute Gasteiger partial charge is 0.418 e. The van der Waals surface area contributed by atoms with Crippen molar-refractivity contribution in [2.45, 2.75) is 44.5 Å². The van der Waals surface area contributed by atoms with Crippen molar-refractivity contribution in [2.24, 2.45) is 0 Å². The number of pyridine rings is 1. The summed E-state index contributed by atoms with van der Waals surface area (Å²) in [7, 11) is 1.67. The highest BCUT2D eigenvalue weighted by Crippen LogP contribution is 2.32. The average molecular weight is 567 g/mol. The van der Waals surface area contributed by atoms with Crippen molar-refractivity contribution in [3.8, 4) is 0 Å². The van der Waals surface area contributed by atoms with Crippen LogP contribution in [-0.4, -0.2) is 84.5 Å². The van der Waals surface area contributed by atoms with E-state index >= 15 is 0 Å². The number of fused-ring (bicyclic) bond motifs is 1. The first-order chi connectivity index (χ1) is 19.1. The fraction of sp³-hybridized carbons (Fsp3) is 0.517. The van der Waals surface area contributed by atoms with Crippen molar-refractivity contribution in [3.63, 3.8) is 0 Å². The zero-order chi connectivity index (χ0) is 28.8. The number of hydrogen-bond acceptors (Lipinski definition) is 5. The molecule has 0 spiro atoms. The molecule has 0 unspecified atom stereocenters. The first-order valence-electron chi connectivity index (χ1n) is 13.5. The quantitative estimate of drug-likeness (QED) is 0.303. The Morgan fingerprint density at radius 2 is 1.88 bits per heavy atom. The lowest BCUT2D eigenvalue weighted by atomic mass is 9.94. The number of benzene rings is 1. The van der Waals surface area contributed by atoms with Gasteiger partial charge < -0.3 is 14.5 Å². The van der Waals surface area contributed by atoms with Crippen molar-refractivity contribution in [1.29, 1.82) is 0 Å². The Hall–Kier alpha value is -2.89. The Bertz CT molecular complexity index is 1180. The molecule has 3 heterocycles. The summed E-state index contributed by atoms with van der Waals surface area (Å²) in [5.41, 5.74) is 2.05. The summed E-state index contributed by atoms with van der Waals surface area (Å²) in [6, 6.07) is 8.06. The number of amides is 1. The monoisotopic (exact) mass is 566 g/mol. The third kappa shape index (κ3) is 8.08. The van der Waals surface area contributed by atoms with Crippen LogP contribution in [0.15, 0.2) is 42.6 Å². The first kappa shape index (κ1) is 30.1. The van der Waals surface area contributed by atoms with Gasteiger partial charge >= 0.3 is 6.18 Å². The minimum atomic E-state index is -4.62. The van der Waals surface area contributed by atoms with E-state index in [2.05, 4.69) is 16.0 Å². The molecule has 0 atom stereocenters. The number of hydrogen-bond donors (Lipinski definition) is 0. The molecule has 1 fully saturated rings. The molecule has 4 rings (SSSR count). The van der Waals surface area contributed by atoms with Gasteiger partial charge in [-0.15, -0.1) is 0 Å². The second kappa shape index (κ2) is 13.2. The van der Waals surface area contributed by atoms with E-state index in [4.69, 9.17) is 4.74 Å². The number of ether oxygens (including phenoxy) is 1. The highest BCUT2D eigenvalue weighted by Gasteiger charge is 2.36. The number of carbonyl (C=O) groups is 1. The lowest BCUT2D eigenvalue weighted by Gasteiger charge is -2.33. The van der Waals surface area contributed by atoms with Gasteiger partial charge in [-0.1, -0.05) is 18.2 Å². The molecule has 2 aliphatic heterocycles. The van der Waals surface area contributed by atoms with Gasteiger partial charge in [0.25, 0.3) is 5.92 Å². The Morgan fingerprint density at radius 1 is 1.10 bits per heavy atom. The van der Waals surface area contributed by atoms with Gasteiger partial charge in [-0.05, 0) is 41.3 Å². The van der Waals surface area contributed by atoms with Gasteiger partial charge in [0.1, 0.15) is 0 Å². The van der Waals surface area contributed by atoms with Crippen LogP contribution in [0.4, 0.5) is 22.0 Å². The number of methoxy groups -OCH3 is 1. The number of carbonyl (C=O) groups excluding carboxylic acids is 1. The molecule has 1 aromatic carbocycles. The lowest BCUT2D eigenvalue weighted by molar-refractivity contribution is -0.139. The van der Waals surface area contributed by atoms with E-state index in [0.29, 0.717) is 6.61 Å². The van der Waals surface area contributed by atoms with Gasteiger partial charge in [-0.25, -0.2) is 8.78 Å². The number of rotatable bonds is 10. The van der Waals surface area contributed by atoms with Crippen LogP contribution >= 0.6 is 0 Å². The van der Waals surface area contributed by atoms with Gasteiger partial charge in [0.2, 0.25) is 5.91 Å². The average Bonchev–Trinajstić information content (AvgIpc) is 2.93. The summed E-state index contributed by atoms with van der Waals surface area (Å²) in [6.07, 6.45) is -0.00557. The second-order valence-electron chi connectivity index (χ2n) is 10.3. The Kier molecular flexibility index (Phi) is 9.91. The van der Waals surface area contributed by atoms with Crippen molar-refractivity contribution in [1.82, 2.24) is 19.7 Å². The van der Waals surface area contributed by atoms with Crippen molar-refractivity contribution < 1.29 is 31.5 Å². The molecule has 1 amide bonds. The summed E-state index contributed by atoms with van der Waals surface area (Å²) in [6.45, 7) is 3.46. The maximum absolute atomic E-state index is 13.6. The lowest BCUT2D eigenvalue weighted by Crippen LogP contribution is -2.44. The number of nitrogens with zero attached hydrogens (tertiary/aromatic N) is 4. The SMILES string of the molecule is COCCN1CCc2c(/C=C/C(=O)N(CCN3CCC(F)(F)CC3)Cc3ncccc3C(F)(F)F)cccc2C1. The summed E-state index contributed by atoms with van der Waals surface area (Å²) in [5, 5.41) is 0. The molecule has 11 heteroatoms. The van der Waals surface area contributed by atoms with Crippen LogP contribution < -0.4 is 0 Å². The van der Waals surface area contributed by atoms with Crippen LogP contribution in [0.1, 0.15) is 40.8 Å². The van der Waals surface area contributed by atoms with E-state index in [-0.39, 0.29) is 51.3 Å². The predicted octanol–water partition coefficient (Wildman–Crippen LogP) is 4.88. The number of likely N-dealkylation sites (tertiary alicyclic amines) is 1. The molecule has 0 bridgehead atoms. The molecule has 218 valence electrons. The summed E-state index contributed by atoms with van der Waals surface area (Å²) in [4.78, 5) is 22.7. The van der Waals surface area contributed by atoms with Crippen LogP contribution in [0, 0.1) is 0 Å². The first-order valence-corrected chi connectivity index (χ1v) is 13.5. The van der Waals surface area contributed by atoms with Crippen molar-refractivity contribution in [2.75, 3.05) is 53.0 Å². The van der Waals surface area contributed by atoms with Gasteiger partial charge in [0, 0.05) is 78.0 Å². The van der Waals surface area contributed by atoms with Gasteiger partial charge in [-0.2, -0.15) is 13.2 Å². The van der Waals surface area contributed by atoms with E-state index in [9.17, 15) is 26.7 Å². The van der Waals surface area contributed by atoms with E-state index < -0.39 is 23.6 Å². The minimum Gasteiger partial charge on any atom is -0.383 e. The molecule has 40 heavy (non-hydrogen) atoms. The number of aromatic nitrogens is 1. The summed E-state index contributed by atoms with van der Waals surface area (Å²) >= 11 is 0. The topological polar surface area (TPSA) is 48.9 Å². The van der Waals surface area contributed by atoms with E-state index in [1.54, 1.807) is 13.2 Å². The predicted molar refractivity (Wildman–Crippen MR) is 142 cm³/mol. The standard InChI is InChI=1S/C29H35F5N4O2/c1-40-19-18-37-13-9-24-22(4-2-5-23(24)20-37)7-8-27(39)38(17-16-36-14-10-28(30,31)11-15-36)21-26-25(29(32,33)34)6-3-12-35-26/h2-8,12H,9-11,13-21H2,1H3/b8-7+. The molecule has 1 saturated heterocycles. The van der Waals surface area contributed by atoms with E-state index in [0.717, 1.165) is 43.2 Å². The Balaban J connectivity index is 1.50. The number of alkyl halides is 5. The summed E-state index contributed by atoms with van der Waals surface area (Å²) < 4.78 is 73.2. The van der Waals surface area contributed by atoms with Crippen LogP contribution in [0.25, 0.3) is 6.08 Å². The van der Waals surface area contributed by atoms with E-state index in [1.165, 1.54) is 28.8 Å². The molecule has 0 saturated carbocycles. The molecule has 6 nitrogen and oxygen atoms in total. The van der Waals surface area contributed by atoms with Gasteiger partial charge in [0.15, 0.2) is 0 Å². The molecular weight excluding hydrogens is 531 g/mol.